The van der Waals surface area contributed by atoms with Crippen LogP contribution in [0.2, 0.25) is 0 Å². The third kappa shape index (κ3) is 0.999. The number of pyridine rings is 1. The summed E-state index contributed by atoms with van der Waals surface area (Å²) in [5.74, 6) is 0. The van der Waals surface area contributed by atoms with Crippen molar-refractivity contribution < 1.29 is 4.42 Å². The molecule has 2 aromatic heterocycles. The van der Waals surface area contributed by atoms with Crippen molar-refractivity contribution in [2.45, 2.75) is 6.92 Å². The molecule has 0 fully saturated rings. The van der Waals surface area contributed by atoms with E-state index in [2.05, 4.69) is 0 Å². The SMILES string of the molecule is Cc1cccc2c3ccoc3c(=O)n(C)c12. The van der Waals surface area contributed by atoms with Gasteiger partial charge in [0.05, 0.1) is 11.8 Å². The number of fused-ring (bicyclic) bond motifs is 3. The zero-order chi connectivity index (χ0) is 11.3. The van der Waals surface area contributed by atoms with Crippen LogP contribution in [0.3, 0.4) is 0 Å². The second kappa shape index (κ2) is 2.98. The van der Waals surface area contributed by atoms with E-state index in [-0.39, 0.29) is 5.56 Å². The molecule has 3 aromatic rings. The first-order valence-electron chi connectivity index (χ1n) is 5.15. The number of aryl methyl sites for hydroxylation is 2. The minimum Gasteiger partial charge on any atom is -0.458 e. The van der Waals surface area contributed by atoms with Gasteiger partial charge in [-0.25, -0.2) is 0 Å². The molecule has 0 unspecified atom stereocenters. The molecule has 0 saturated heterocycles. The summed E-state index contributed by atoms with van der Waals surface area (Å²) in [7, 11) is 1.78. The monoisotopic (exact) mass is 213 g/mol. The number of furan rings is 1. The summed E-state index contributed by atoms with van der Waals surface area (Å²) in [5, 5.41) is 1.95. The van der Waals surface area contributed by atoms with Gasteiger partial charge in [0.25, 0.3) is 5.56 Å². The van der Waals surface area contributed by atoms with Crippen LogP contribution < -0.4 is 5.56 Å². The Hall–Kier alpha value is -2.03. The molecule has 16 heavy (non-hydrogen) atoms. The van der Waals surface area contributed by atoms with E-state index in [1.54, 1.807) is 17.9 Å². The number of benzene rings is 1. The molecule has 2 heterocycles. The van der Waals surface area contributed by atoms with Gasteiger partial charge in [-0.3, -0.25) is 4.79 Å². The second-order valence-corrected chi connectivity index (χ2v) is 4.00. The molecule has 80 valence electrons. The fraction of sp³-hybridized carbons (Fsp3) is 0.154. The number of hydrogen-bond acceptors (Lipinski definition) is 2. The first-order chi connectivity index (χ1) is 7.70. The predicted octanol–water partition coefficient (Wildman–Crippen LogP) is 2.59. The highest BCUT2D eigenvalue weighted by Crippen LogP contribution is 2.24. The van der Waals surface area contributed by atoms with Gasteiger partial charge in [-0.2, -0.15) is 0 Å². The molecule has 0 bridgehead atoms. The third-order valence-electron chi connectivity index (χ3n) is 3.03. The van der Waals surface area contributed by atoms with E-state index in [4.69, 9.17) is 4.42 Å². The lowest BCUT2D eigenvalue weighted by Gasteiger charge is -2.08. The largest absolute Gasteiger partial charge is 0.458 e. The van der Waals surface area contributed by atoms with E-state index < -0.39 is 0 Å². The molecule has 0 aliphatic rings. The first kappa shape index (κ1) is 9.21. The lowest BCUT2D eigenvalue weighted by molar-refractivity contribution is 0.607. The summed E-state index contributed by atoms with van der Waals surface area (Å²) in [4.78, 5) is 12.0. The maximum Gasteiger partial charge on any atom is 0.294 e. The Bertz CT molecular complexity index is 750. The topological polar surface area (TPSA) is 35.1 Å². The van der Waals surface area contributed by atoms with Crippen LogP contribution in [0.1, 0.15) is 5.56 Å². The molecule has 0 amide bonds. The molecule has 0 saturated carbocycles. The van der Waals surface area contributed by atoms with Gasteiger partial charge in [0.15, 0.2) is 5.58 Å². The predicted molar refractivity (Wildman–Crippen MR) is 63.7 cm³/mol. The number of rotatable bonds is 0. The molecule has 0 radical (unpaired) electrons. The summed E-state index contributed by atoms with van der Waals surface area (Å²) in [6.45, 7) is 2.01. The average molecular weight is 213 g/mol. The Morgan fingerprint density at radius 1 is 1.19 bits per heavy atom. The van der Waals surface area contributed by atoms with Crippen LogP contribution in [-0.4, -0.2) is 4.57 Å². The van der Waals surface area contributed by atoms with Crippen LogP contribution in [0.4, 0.5) is 0 Å². The van der Waals surface area contributed by atoms with Gasteiger partial charge in [0.2, 0.25) is 0 Å². The van der Waals surface area contributed by atoms with E-state index >= 15 is 0 Å². The smallest absolute Gasteiger partial charge is 0.294 e. The second-order valence-electron chi connectivity index (χ2n) is 4.00. The summed E-state index contributed by atoms with van der Waals surface area (Å²) in [5.41, 5.74) is 2.42. The summed E-state index contributed by atoms with van der Waals surface area (Å²) < 4.78 is 6.89. The van der Waals surface area contributed by atoms with Crippen LogP contribution in [-0.2, 0) is 7.05 Å². The normalized spacial score (nSPS) is 11.4. The van der Waals surface area contributed by atoms with Crippen LogP contribution in [0.15, 0.2) is 39.7 Å². The van der Waals surface area contributed by atoms with Crippen molar-refractivity contribution in [3.8, 4) is 0 Å². The standard InChI is InChI=1S/C13H11NO2/c1-8-4-3-5-9-10-6-7-16-12(10)13(15)14(2)11(8)9/h3-7H,1-2H3. The molecular formula is C13H11NO2. The summed E-state index contributed by atoms with van der Waals surface area (Å²) in [6, 6.07) is 7.86. The molecule has 0 aliphatic carbocycles. The van der Waals surface area contributed by atoms with Gasteiger partial charge < -0.3 is 8.98 Å². The average Bonchev–Trinajstić information content (AvgIpc) is 2.74. The molecule has 0 N–H and O–H groups in total. The van der Waals surface area contributed by atoms with E-state index in [1.165, 1.54) is 0 Å². The fourth-order valence-corrected chi connectivity index (χ4v) is 2.26. The van der Waals surface area contributed by atoms with Crippen LogP contribution in [0.25, 0.3) is 21.9 Å². The van der Waals surface area contributed by atoms with Gasteiger partial charge in [-0.15, -0.1) is 0 Å². The van der Waals surface area contributed by atoms with Gasteiger partial charge in [0, 0.05) is 17.8 Å². The van der Waals surface area contributed by atoms with Crippen molar-refractivity contribution >= 4 is 21.9 Å². The van der Waals surface area contributed by atoms with E-state index in [0.717, 1.165) is 21.9 Å². The number of hydrogen-bond donors (Lipinski definition) is 0. The summed E-state index contributed by atoms with van der Waals surface area (Å²) >= 11 is 0. The van der Waals surface area contributed by atoms with E-state index in [9.17, 15) is 4.79 Å². The molecule has 3 nitrogen and oxygen atoms in total. The Morgan fingerprint density at radius 3 is 2.81 bits per heavy atom. The third-order valence-corrected chi connectivity index (χ3v) is 3.03. The van der Waals surface area contributed by atoms with Gasteiger partial charge >= 0.3 is 0 Å². The highest BCUT2D eigenvalue weighted by atomic mass is 16.3. The van der Waals surface area contributed by atoms with E-state index in [0.29, 0.717) is 5.58 Å². The number of aromatic nitrogens is 1. The zero-order valence-corrected chi connectivity index (χ0v) is 9.15. The van der Waals surface area contributed by atoms with Crippen molar-refractivity contribution in [3.63, 3.8) is 0 Å². The molecule has 0 atom stereocenters. The maximum absolute atomic E-state index is 12.0. The number of nitrogens with zero attached hydrogens (tertiary/aromatic N) is 1. The highest BCUT2D eigenvalue weighted by molar-refractivity contribution is 6.04. The summed E-state index contributed by atoms with van der Waals surface area (Å²) in [6.07, 6.45) is 1.56. The quantitative estimate of drug-likeness (QED) is 0.575. The van der Waals surface area contributed by atoms with Crippen LogP contribution in [0.5, 0.6) is 0 Å². The minimum absolute atomic E-state index is 0.0817. The van der Waals surface area contributed by atoms with Crippen molar-refractivity contribution in [2.24, 2.45) is 7.05 Å². The fourth-order valence-electron chi connectivity index (χ4n) is 2.26. The highest BCUT2D eigenvalue weighted by Gasteiger charge is 2.11. The zero-order valence-electron chi connectivity index (χ0n) is 9.15. The van der Waals surface area contributed by atoms with Gasteiger partial charge in [0.1, 0.15) is 0 Å². The molecular weight excluding hydrogens is 202 g/mol. The molecule has 3 rings (SSSR count). The molecule has 0 spiro atoms. The Kier molecular flexibility index (Phi) is 1.72. The minimum atomic E-state index is -0.0817. The molecule has 1 aromatic carbocycles. The number of para-hydroxylation sites is 1. The van der Waals surface area contributed by atoms with Crippen molar-refractivity contribution in [2.75, 3.05) is 0 Å². The Morgan fingerprint density at radius 2 is 2.00 bits per heavy atom. The van der Waals surface area contributed by atoms with Crippen LogP contribution >= 0.6 is 0 Å². The van der Waals surface area contributed by atoms with Crippen molar-refractivity contribution in [1.82, 2.24) is 4.57 Å². The van der Waals surface area contributed by atoms with Gasteiger partial charge in [-0.05, 0) is 18.6 Å². The maximum atomic E-state index is 12.0. The lowest BCUT2D eigenvalue weighted by atomic mass is 10.1. The van der Waals surface area contributed by atoms with Crippen molar-refractivity contribution in [1.29, 1.82) is 0 Å². The molecule has 3 heteroatoms. The van der Waals surface area contributed by atoms with E-state index in [1.807, 2.05) is 31.2 Å². The Balaban J connectivity index is 2.77. The van der Waals surface area contributed by atoms with Gasteiger partial charge in [-0.1, -0.05) is 18.2 Å². The molecule has 0 aliphatic heterocycles. The lowest BCUT2D eigenvalue weighted by Crippen LogP contribution is -2.17. The Labute approximate surface area is 91.9 Å². The first-order valence-corrected chi connectivity index (χ1v) is 5.15. The van der Waals surface area contributed by atoms with Crippen molar-refractivity contribution in [3.05, 3.63) is 46.4 Å². The van der Waals surface area contributed by atoms with Crippen LogP contribution in [0, 0.1) is 6.92 Å².